The molecule has 2 nitrogen and oxygen atoms in total. The second-order valence-corrected chi connectivity index (χ2v) is 5.59. The lowest BCUT2D eigenvalue weighted by atomic mass is 10.0. The number of rotatable bonds is 6. The Labute approximate surface area is 128 Å². The summed E-state index contributed by atoms with van der Waals surface area (Å²) in [6.45, 7) is 9.36. The number of hydrogen-bond acceptors (Lipinski definition) is 2. The van der Waals surface area contributed by atoms with Gasteiger partial charge in [0.2, 0.25) is 0 Å². The van der Waals surface area contributed by atoms with Gasteiger partial charge in [-0.15, -0.1) is 0 Å². The zero-order chi connectivity index (χ0) is 15.2. The predicted octanol–water partition coefficient (Wildman–Crippen LogP) is 4.42. The molecule has 0 spiro atoms. The largest absolute Gasteiger partial charge is 0.489 e. The molecule has 2 atom stereocenters. The van der Waals surface area contributed by atoms with Crippen molar-refractivity contribution in [1.29, 1.82) is 0 Å². The molecule has 0 aliphatic carbocycles. The predicted molar refractivity (Wildman–Crippen MR) is 88.9 cm³/mol. The number of nitrogens with one attached hydrogen (secondary N) is 1. The van der Waals surface area contributed by atoms with E-state index in [4.69, 9.17) is 4.74 Å². The summed E-state index contributed by atoms with van der Waals surface area (Å²) in [5.41, 5.74) is 3.76. The highest BCUT2D eigenvalue weighted by molar-refractivity contribution is 5.29. The molecule has 0 amide bonds. The van der Waals surface area contributed by atoms with Gasteiger partial charge in [-0.2, -0.15) is 0 Å². The van der Waals surface area contributed by atoms with Crippen LogP contribution in [-0.4, -0.2) is 12.6 Å². The van der Waals surface area contributed by atoms with Gasteiger partial charge in [0.05, 0.1) is 6.04 Å². The van der Waals surface area contributed by atoms with E-state index in [1.165, 1.54) is 16.7 Å². The molecule has 0 saturated carbocycles. The highest BCUT2D eigenvalue weighted by Gasteiger charge is 2.19. The van der Waals surface area contributed by atoms with E-state index in [2.05, 4.69) is 69.4 Å². The Bertz CT molecular complexity index is 562. The molecule has 0 heterocycles. The Kier molecular flexibility index (Phi) is 5.40. The first-order chi connectivity index (χ1) is 10.1. The fourth-order valence-electron chi connectivity index (χ4n) is 2.52. The summed E-state index contributed by atoms with van der Waals surface area (Å²) in [6.07, 6.45) is 0.0643. The average Bonchev–Trinajstić information content (AvgIpc) is 2.46. The van der Waals surface area contributed by atoms with Crippen molar-refractivity contribution in [2.45, 2.75) is 39.8 Å². The molecule has 2 rings (SSSR count). The van der Waals surface area contributed by atoms with Crippen molar-refractivity contribution >= 4 is 0 Å². The minimum atomic E-state index is 0.0643. The van der Waals surface area contributed by atoms with Gasteiger partial charge < -0.3 is 10.1 Å². The lowest BCUT2D eigenvalue weighted by molar-refractivity contribution is 0.171. The van der Waals surface area contributed by atoms with Crippen molar-refractivity contribution in [2.75, 3.05) is 6.54 Å². The molecule has 0 aliphatic heterocycles. The smallest absolute Gasteiger partial charge is 0.120 e. The normalized spacial score (nSPS) is 13.7. The van der Waals surface area contributed by atoms with Crippen LogP contribution in [0.5, 0.6) is 5.75 Å². The standard InChI is InChI=1S/C19H25NO/c1-5-20-19(17-11-9-14(2)10-12-17)16(4)21-18-8-6-7-15(3)13-18/h6-13,16,19-20H,5H2,1-4H3. The van der Waals surface area contributed by atoms with E-state index in [-0.39, 0.29) is 12.1 Å². The molecule has 0 fully saturated rings. The van der Waals surface area contributed by atoms with Gasteiger partial charge >= 0.3 is 0 Å². The Hall–Kier alpha value is -1.80. The maximum absolute atomic E-state index is 6.13. The molecule has 21 heavy (non-hydrogen) atoms. The number of ether oxygens (including phenoxy) is 1. The average molecular weight is 283 g/mol. The van der Waals surface area contributed by atoms with E-state index in [1.807, 2.05) is 12.1 Å². The van der Waals surface area contributed by atoms with Crippen LogP contribution >= 0.6 is 0 Å². The second kappa shape index (κ2) is 7.28. The quantitative estimate of drug-likeness (QED) is 0.847. The molecular formula is C19H25NO. The van der Waals surface area contributed by atoms with Crippen molar-refractivity contribution in [3.05, 3.63) is 65.2 Å². The van der Waals surface area contributed by atoms with Crippen LogP contribution < -0.4 is 10.1 Å². The second-order valence-electron chi connectivity index (χ2n) is 5.59. The summed E-state index contributed by atoms with van der Waals surface area (Å²) < 4.78 is 6.13. The number of hydrogen-bond donors (Lipinski definition) is 1. The molecule has 2 unspecified atom stereocenters. The van der Waals surface area contributed by atoms with Crippen LogP contribution in [0.2, 0.25) is 0 Å². The van der Waals surface area contributed by atoms with Crippen molar-refractivity contribution in [3.63, 3.8) is 0 Å². The molecule has 0 radical (unpaired) electrons. The topological polar surface area (TPSA) is 21.3 Å². The SMILES string of the molecule is CCNC(c1ccc(C)cc1)C(C)Oc1cccc(C)c1. The molecule has 0 aromatic heterocycles. The molecule has 2 aromatic rings. The molecule has 112 valence electrons. The Balaban J connectivity index is 2.15. The zero-order valence-electron chi connectivity index (χ0n) is 13.4. The van der Waals surface area contributed by atoms with Gasteiger partial charge in [-0.3, -0.25) is 0 Å². The van der Waals surface area contributed by atoms with E-state index in [0.29, 0.717) is 0 Å². The molecule has 0 aliphatic rings. The fraction of sp³-hybridized carbons (Fsp3) is 0.368. The Morgan fingerprint density at radius 2 is 1.71 bits per heavy atom. The highest BCUT2D eigenvalue weighted by atomic mass is 16.5. The third-order valence-corrected chi connectivity index (χ3v) is 3.64. The summed E-state index contributed by atoms with van der Waals surface area (Å²) in [7, 11) is 0. The van der Waals surface area contributed by atoms with Gasteiger partial charge in [0.25, 0.3) is 0 Å². The third kappa shape index (κ3) is 4.33. The monoisotopic (exact) mass is 283 g/mol. The van der Waals surface area contributed by atoms with Crippen LogP contribution in [0.25, 0.3) is 0 Å². The van der Waals surface area contributed by atoms with E-state index in [1.54, 1.807) is 0 Å². The highest BCUT2D eigenvalue weighted by Crippen LogP contribution is 2.23. The summed E-state index contributed by atoms with van der Waals surface area (Å²) in [6, 6.07) is 17.1. The minimum absolute atomic E-state index is 0.0643. The first-order valence-corrected chi connectivity index (χ1v) is 7.63. The molecule has 2 aromatic carbocycles. The first kappa shape index (κ1) is 15.6. The third-order valence-electron chi connectivity index (χ3n) is 3.64. The zero-order valence-corrected chi connectivity index (χ0v) is 13.4. The number of likely N-dealkylation sites (N-methyl/N-ethyl adjacent to an activating group) is 1. The fourth-order valence-corrected chi connectivity index (χ4v) is 2.52. The van der Waals surface area contributed by atoms with Gasteiger partial charge in [-0.05, 0) is 50.6 Å². The van der Waals surface area contributed by atoms with Gasteiger partial charge in [-0.25, -0.2) is 0 Å². The van der Waals surface area contributed by atoms with E-state index < -0.39 is 0 Å². The molecule has 0 saturated heterocycles. The van der Waals surface area contributed by atoms with Crippen molar-refractivity contribution < 1.29 is 4.74 Å². The van der Waals surface area contributed by atoms with Crippen LogP contribution in [0.3, 0.4) is 0 Å². The van der Waals surface area contributed by atoms with Crippen LogP contribution in [0.1, 0.15) is 36.6 Å². The summed E-state index contributed by atoms with van der Waals surface area (Å²) in [5, 5.41) is 3.53. The maximum Gasteiger partial charge on any atom is 0.120 e. The van der Waals surface area contributed by atoms with Gasteiger partial charge in [0, 0.05) is 0 Å². The van der Waals surface area contributed by atoms with Crippen LogP contribution in [0, 0.1) is 13.8 Å². The summed E-state index contributed by atoms with van der Waals surface area (Å²) in [4.78, 5) is 0. The van der Waals surface area contributed by atoms with Crippen LogP contribution in [0.15, 0.2) is 48.5 Å². The van der Waals surface area contributed by atoms with E-state index >= 15 is 0 Å². The number of aryl methyl sites for hydroxylation is 2. The van der Waals surface area contributed by atoms with Gasteiger partial charge in [0.15, 0.2) is 0 Å². The number of benzene rings is 2. The maximum atomic E-state index is 6.13. The summed E-state index contributed by atoms with van der Waals surface area (Å²) in [5.74, 6) is 0.928. The minimum Gasteiger partial charge on any atom is -0.489 e. The van der Waals surface area contributed by atoms with Gasteiger partial charge in [0.1, 0.15) is 11.9 Å². The lowest BCUT2D eigenvalue weighted by Crippen LogP contribution is -2.33. The van der Waals surface area contributed by atoms with Crippen LogP contribution in [0.4, 0.5) is 0 Å². The van der Waals surface area contributed by atoms with E-state index in [9.17, 15) is 0 Å². The van der Waals surface area contributed by atoms with E-state index in [0.717, 1.165) is 12.3 Å². The molecule has 1 N–H and O–H groups in total. The van der Waals surface area contributed by atoms with Crippen LogP contribution in [-0.2, 0) is 0 Å². The lowest BCUT2D eigenvalue weighted by Gasteiger charge is -2.26. The first-order valence-electron chi connectivity index (χ1n) is 7.63. The molecular weight excluding hydrogens is 258 g/mol. The van der Waals surface area contributed by atoms with Gasteiger partial charge in [-0.1, -0.05) is 48.9 Å². The van der Waals surface area contributed by atoms with Crippen molar-refractivity contribution in [3.8, 4) is 5.75 Å². The van der Waals surface area contributed by atoms with Crippen molar-refractivity contribution in [1.82, 2.24) is 5.32 Å². The Morgan fingerprint density at radius 1 is 1.00 bits per heavy atom. The molecule has 0 bridgehead atoms. The summed E-state index contributed by atoms with van der Waals surface area (Å²) >= 11 is 0. The van der Waals surface area contributed by atoms with Crippen molar-refractivity contribution in [2.24, 2.45) is 0 Å². The molecule has 2 heteroatoms. The Morgan fingerprint density at radius 3 is 2.33 bits per heavy atom.